The van der Waals surface area contributed by atoms with Crippen molar-refractivity contribution in [3.8, 4) is 17.3 Å². The van der Waals surface area contributed by atoms with Crippen molar-refractivity contribution in [3.63, 3.8) is 0 Å². The minimum absolute atomic E-state index is 0.122. The Kier molecular flexibility index (Phi) is 10.8. The van der Waals surface area contributed by atoms with E-state index in [1.165, 1.54) is 37.9 Å². The summed E-state index contributed by atoms with van der Waals surface area (Å²) in [5, 5.41) is 12.9. The van der Waals surface area contributed by atoms with Gasteiger partial charge in [0.25, 0.3) is 0 Å². The number of thioether (sulfide) groups is 1. The molecule has 0 unspecified atom stereocenters. The van der Waals surface area contributed by atoms with Gasteiger partial charge < -0.3 is 20.9 Å². The van der Waals surface area contributed by atoms with Gasteiger partial charge in [0, 0.05) is 69.6 Å². The van der Waals surface area contributed by atoms with Gasteiger partial charge in [0.2, 0.25) is 11.8 Å². The molecule has 3 N–H and O–H groups in total. The van der Waals surface area contributed by atoms with Gasteiger partial charge in [-0.2, -0.15) is 5.26 Å². The fourth-order valence-corrected chi connectivity index (χ4v) is 6.33. The molecule has 230 valence electrons. The van der Waals surface area contributed by atoms with Crippen LogP contribution in [0.25, 0.3) is 11.3 Å². The second-order valence-corrected chi connectivity index (χ2v) is 12.1. The summed E-state index contributed by atoms with van der Waals surface area (Å²) >= 11 is 1.41. The standard InChI is InChI=1S/C32H39N9O2S/c1-23(42)35-25-10-8-24(9-11-25)30-28(20-33)31(34)38-32(37-30)44-22-27-7-5-6-26(36-27)21-40-16-18-41(19-17-40)29(43)12-15-39-13-3-2-4-14-39/h5-11H,2-4,12-19,21-22H2,1H3,(H,35,42)(H2,34,37,38). The van der Waals surface area contributed by atoms with Crippen LogP contribution in [0.15, 0.2) is 47.6 Å². The number of nitrogens with two attached hydrogens (primary N) is 1. The van der Waals surface area contributed by atoms with Crippen LogP contribution in [0.3, 0.4) is 0 Å². The molecule has 2 saturated heterocycles. The third kappa shape index (κ3) is 8.53. The maximum atomic E-state index is 12.8. The van der Waals surface area contributed by atoms with E-state index in [9.17, 15) is 14.9 Å². The molecule has 0 radical (unpaired) electrons. The van der Waals surface area contributed by atoms with Gasteiger partial charge in [-0.05, 0) is 50.2 Å². The van der Waals surface area contributed by atoms with Crippen LogP contribution in [0, 0.1) is 11.3 Å². The number of piperidine rings is 1. The van der Waals surface area contributed by atoms with Gasteiger partial charge in [0.05, 0.1) is 17.1 Å². The van der Waals surface area contributed by atoms with E-state index in [0.29, 0.717) is 34.3 Å². The summed E-state index contributed by atoms with van der Waals surface area (Å²) in [6.45, 7) is 8.48. The monoisotopic (exact) mass is 613 g/mol. The second-order valence-electron chi connectivity index (χ2n) is 11.2. The summed E-state index contributed by atoms with van der Waals surface area (Å²) in [6, 6.07) is 15.2. The number of nitrogens with zero attached hydrogens (tertiary/aromatic N) is 7. The van der Waals surface area contributed by atoms with Crippen molar-refractivity contribution in [1.29, 1.82) is 5.26 Å². The number of nitriles is 1. The summed E-state index contributed by atoms with van der Waals surface area (Å²) in [6.07, 6.45) is 4.42. The first-order chi connectivity index (χ1) is 21.4. The Balaban J connectivity index is 1.14. The maximum Gasteiger partial charge on any atom is 0.223 e. The van der Waals surface area contributed by atoms with E-state index in [4.69, 9.17) is 10.7 Å². The molecule has 2 amide bonds. The Hall–Kier alpha value is -4.05. The number of rotatable bonds is 10. The van der Waals surface area contributed by atoms with Gasteiger partial charge in [-0.25, -0.2) is 9.97 Å². The number of carbonyl (C=O) groups is 2. The van der Waals surface area contributed by atoms with E-state index in [2.05, 4.69) is 31.2 Å². The zero-order chi connectivity index (χ0) is 30.9. The Morgan fingerprint density at radius 3 is 2.36 bits per heavy atom. The number of pyridine rings is 1. The lowest BCUT2D eigenvalue weighted by Crippen LogP contribution is -2.49. The SMILES string of the molecule is CC(=O)Nc1ccc(-c2nc(SCc3cccc(CN4CCN(C(=O)CCN5CCCCC5)CC4)n3)nc(N)c2C#N)cc1. The third-order valence-electron chi connectivity index (χ3n) is 7.92. The van der Waals surface area contributed by atoms with Crippen molar-refractivity contribution in [1.82, 2.24) is 29.7 Å². The van der Waals surface area contributed by atoms with Gasteiger partial charge in [-0.3, -0.25) is 19.5 Å². The number of amides is 2. The highest BCUT2D eigenvalue weighted by atomic mass is 32.2. The van der Waals surface area contributed by atoms with E-state index in [1.54, 1.807) is 24.3 Å². The molecule has 0 bridgehead atoms. The smallest absolute Gasteiger partial charge is 0.223 e. The number of hydrogen-bond acceptors (Lipinski definition) is 10. The summed E-state index contributed by atoms with van der Waals surface area (Å²) < 4.78 is 0. The Labute approximate surface area is 262 Å². The van der Waals surface area contributed by atoms with Gasteiger partial charge in [-0.1, -0.05) is 36.4 Å². The lowest BCUT2D eigenvalue weighted by atomic mass is 10.1. The lowest BCUT2D eigenvalue weighted by Gasteiger charge is -2.35. The van der Waals surface area contributed by atoms with Gasteiger partial charge in [0.1, 0.15) is 17.5 Å². The molecule has 11 nitrogen and oxygen atoms in total. The van der Waals surface area contributed by atoms with Crippen LogP contribution in [0.4, 0.5) is 11.5 Å². The molecular formula is C32H39N9O2S. The van der Waals surface area contributed by atoms with Crippen LogP contribution in [0.5, 0.6) is 0 Å². The number of nitrogen functional groups attached to an aromatic ring is 1. The zero-order valence-electron chi connectivity index (χ0n) is 25.2. The molecule has 5 rings (SSSR count). The number of piperazine rings is 1. The number of anilines is 2. The molecule has 4 heterocycles. The zero-order valence-corrected chi connectivity index (χ0v) is 26.0. The van der Waals surface area contributed by atoms with Crippen molar-refractivity contribution in [2.75, 3.05) is 56.9 Å². The van der Waals surface area contributed by atoms with E-state index < -0.39 is 0 Å². The predicted octanol–water partition coefficient (Wildman–Crippen LogP) is 3.76. The Morgan fingerprint density at radius 2 is 1.66 bits per heavy atom. The molecule has 2 fully saturated rings. The van der Waals surface area contributed by atoms with Gasteiger partial charge in [-0.15, -0.1) is 0 Å². The highest BCUT2D eigenvalue weighted by Gasteiger charge is 2.22. The van der Waals surface area contributed by atoms with Crippen LogP contribution < -0.4 is 11.1 Å². The molecule has 0 atom stereocenters. The van der Waals surface area contributed by atoms with Crippen LogP contribution in [-0.4, -0.2) is 87.3 Å². The molecule has 44 heavy (non-hydrogen) atoms. The van der Waals surface area contributed by atoms with Crippen molar-refractivity contribution >= 4 is 35.1 Å². The van der Waals surface area contributed by atoms with Crippen molar-refractivity contribution in [2.24, 2.45) is 0 Å². The number of likely N-dealkylation sites (tertiary alicyclic amines) is 1. The molecule has 0 aliphatic carbocycles. The molecular weight excluding hydrogens is 574 g/mol. The van der Waals surface area contributed by atoms with E-state index in [-0.39, 0.29) is 23.2 Å². The van der Waals surface area contributed by atoms with Gasteiger partial charge >= 0.3 is 0 Å². The second kappa shape index (κ2) is 15.1. The summed E-state index contributed by atoms with van der Waals surface area (Å²) in [7, 11) is 0. The topological polar surface area (TPSA) is 144 Å². The van der Waals surface area contributed by atoms with Crippen molar-refractivity contribution in [3.05, 3.63) is 59.4 Å². The molecule has 0 spiro atoms. The average molecular weight is 614 g/mol. The molecule has 12 heteroatoms. The van der Waals surface area contributed by atoms with Crippen LogP contribution in [-0.2, 0) is 21.9 Å². The highest BCUT2D eigenvalue weighted by Crippen LogP contribution is 2.29. The molecule has 2 aromatic heterocycles. The quantitative estimate of drug-likeness (QED) is 0.256. The number of carbonyl (C=O) groups excluding carboxylic acids is 2. The largest absolute Gasteiger partial charge is 0.382 e. The van der Waals surface area contributed by atoms with Crippen LogP contribution in [0.1, 0.15) is 49.6 Å². The number of nitrogens with one attached hydrogen (secondary N) is 1. The van der Waals surface area contributed by atoms with Crippen molar-refractivity contribution in [2.45, 2.75) is 50.1 Å². The normalized spacial score (nSPS) is 16.0. The highest BCUT2D eigenvalue weighted by molar-refractivity contribution is 7.98. The van der Waals surface area contributed by atoms with E-state index in [1.807, 2.05) is 23.1 Å². The summed E-state index contributed by atoms with van der Waals surface area (Å²) in [5.74, 6) is 0.769. The van der Waals surface area contributed by atoms with E-state index in [0.717, 1.165) is 63.7 Å². The predicted molar refractivity (Wildman–Crippen MR) is 171 cm³/mol. The Bertz CT molecular complexity index is 1490. The van der Waals surface area contributed by atoms with Gasteiger partial charge in [0.15, 0.2) is 5.16 Å². The first-order valence-corrected chi connectivity index (χ1v) is 16.1. The summed E-state index contributed by atoms with van der Waals surface area (Å²) in [4.78, 5) is 44.8. The first kappa shape index (κ1) is 31.4. The maximum absolute atomic E-state index is 12.8. The number of aromatic nitrogens is 3. The first-order valence-electron chi connectivity index (χ1n) is 15.1. The minimum atomic E-state index is -0.161. The third-order valence-corrected chi connectivity index (χ3v) is 8.80. The number of hydrogen-bond donors (Lipinski definition) is 2. The Morgan fingerprint density at radius 1 is 0.932 bits per heavy atom. The molecule has 2 aliphatic rings. The van der Waals surface area contributed by atoms with Crippen molar-refractivity contribution < 1.29 is 9.59 Å². The van der Waals surface area contributed by atoms with Crippen LogP contribution in [0.2, 0.25) is 0 Å². The minimum Gasteiger partial charge on any atom is -0.382 e. The summed E-state index contributed by atoms with van der Waals surface area (Å²) in [5.41, 5.74) is 10.0. The lowest BCUT2D eigenvalue weighted by molar-refractivity contribution is -0.133. The van der Waals surface area contributed by atoms with Crippen LogP contribution >= 0.6 is 11.8 Å². The molecule has 3 aromatic rings. The average Bonchev–Trinajstić information content (AvgIpc) is 3.03. The van der Waals surface area contributed by atoms with E-state index >= 15 is 0 Å². The molecule has 2 aliphatic heterocycles. The fraction of sp³-hybridized carbons (Fsp3) is 0.438. The number of benzene rings is 1. The fourth-order valence-electron chi connectivity index (χ4n) is 5.57. The molecule has 0 saturated carbocycles. The molecule has 1 aromatic carbocycles.